The van der Waals surface area contributed by atoms with E-state index in [0.717, 1.165) is 12.1 Å². The van der Waals surface area contributed by atoms with E-state index in [1.807, 2.05) is 12.1 Å². The largest absolute Gasteiger partial charge is 0.399 e. The van der Waals surface area contributed by atoms with Crippen molar-refractivity contribution in [1.82, 2.24) is 5.32 Å². The molecule has 1 unspecified atom stereocenters. The minimum Gasteiger partial charge on any atom is -0.399 e. The zero-order chi connectivity index (χ0) is 9.80. The molecule has 1 heterocycles. The van der Waals surface area contributed by atoms with Gasteiger partial charge < -0.3 is 11.1 Å². The van der Waals surface area contributed by atoms with Crippen LogP contribution in [0.25, 0.3) is 0 Å². The summed E-state index contributed by atoms with van der Waals surface area (Å²) in [6, 6.07) is 8.90. The predicted molar refractivity (Wildman–Crippen MR) is 60.2 cm³/mol. The fourth-order valence-electron chi connectivity index (χ4n) is 2.04. The predicted octanol–water partition coefficient (Wildman–Crippen LogP) is 1.95. The second-order valence-electron chi connectivity index (χ2n) is 4.09. The first-order valence-corrected chi connectivity index (χ1v) is 5.42. The van der Waals surface area contributed by atoms with Crippen LogP contribution in [0.3, 0.4) is 0 Å². The van der Waals surface area contributed by atoms with E-state index in [2.05, 4.69) is 17.4 Å². The molecule has 0 radical (unpaired) electrons. The number of hydrogen-bond donors (Lipinski definition) is 2. The van der Waals surface area contributed by atoms with E-state index < -0.39 is 0 Å². The van der Waals surface area contributed by atoms with Crippen molar-refractivity contribution < 1.29 is 0 Å². The first-order chi connectivity index (χ1) is 6.84. The highest BCUT2D eigenvalue weighted by Crippen LogP contribution is 2.13. The molecule has 1 aromatic carbocycles. The highest BCUT2D eigenvalue weighted by molar-refractivity contribution is 5.39. The Kier molecular flexibility index (Phi) is 3.04. The molecule has 1 atom stereocenters. The van der Waals surface area contributed by atoms with Gasteiger partial charge in [-0.05, 0) is 43.5 Å². The van der Waals surface area contributed by atoms with Crippen molar-refractivity contribution in [3.05, 3.63) is 29.8 Å². The lowest BCUT2D eigenvalue weighted by molar-refractivity contribution is 0.399. The Hall–Kier alpha value is -1.02. The van der Waals surface area contributed by atoms with Gasteiger partial charge in [-0.3, -0.25) is 0 Å². The van der Waals surface area contributed by atoms with Crippen LogP contribution in [0.2, 0.25) is 0 Å². The van der Waals surface area contributed by atoms with Gasteiger partial charge in [-0.15, -0.1) is 0 Å². The first kappa shape index (κ1) is 9.53. The van der Waals surface area contributed by atoms with Crippen molar-refractivity contribution in [1.29, 1.82) is 0 Å². The SMILES string of the molecule is Nc1ccc(CC2CCCCN2)cc1. The molecule has 76 valence electrons. The number of piperidine rings is 1. The second-order valence-corrected chi connectivity index (χ2v) is 4.09. The van der Waals surface area contributed by atoms with Gasteiger partial charge in [0.1, 0.15) is 0 Å². The van der Waals surface area contributed by atoms with E-state index in [1.165, 1.54) is 31.4 Å². The number of hydrogen-bond acceptors (Lipinski definition) is 2. The van der Waals surface area contributed by atoms with Crippen molar-refractivity contribution in [3.8, 4) is 0 Å². The molecular formula is C12H18N2. The van der Waals surface area contributed by atoms with Gasteiger partial charge in [0.15, 0.2) is 0 Å². The monoisotopic (exact) mass is 190 g/mol. The number of nitrogens with one attached hydrogen (secondary N) is 1. The third kappa shape index (κ3) is 2.48. The van der Waals surface area contributed by atoms with Crippen molar-refractivity contribution in [3.63, 3.8) is 0 Å². The number of rotatable bonds is 2. The number of anilines is 1. The highest BCUT2D eigenvalue weighted by atomic mass is 14.9. The zero-order valence-corrected chi connectivity index (χ0v) is 8.50. The van der Waals surface area contributed by atoms with Crippen LogP contribution < -0.4 is 11.1 Å². The fourth-order valence-corrected chi connectivity index (χ4v) is 2.04. The summed E-state index contributed by atoms with van der Waals surface area (Å²) in [7, 11) is 0. The Morgan fingerprint density at radius 1 is 1.21 bits per heavy atom. The zero-order valence-electron chi connectivity index (χ0n) is 8.50. The Morgan fingerprint density at radius 3 is 2.64 bits per heavy atom. The van der Waals surface area contributed by atoms with Crippen LogP contribution >= 0.6 is 0 Å². The molecule has 2 rings (SSSR count). The first-order valence-electron chi connectivity index (χ1n) is 5.42. The van der Waals surface area contributed by atoms with Gasteiger partial charge in [0.2, 0.25) is 0 Å². The summed E-state index contributed by atoms with van der Waals surface area (Å²) >= 11 is 0. The standard InChI is InChI=1S/C12H18N2/c13-11-6-4-10(5-7-11)9-12-3-1-2-8-14-12/h4-7,12,14H,1-3,8-9,13H2. The molecule has 2 heteroatoms. The van der Waals surface area contributed by atoms with Crippen molar-refractivity contribution in [2.45, 2.75) is 31.7 Å². The molecule has 0 aliphatic carbocycles. The van der Waals surface area contributed by atoms with Crippen LogP contribution in [0.1, 0.15) is 24.8 Å². The topological polar surface area (TPSA) is 38.0 Å². The molecule has 0 saturated carbocycles. The van der Waals surface area contributed by atoms with Gasteiger partial charge in [-0.1, -0.05) is 18.6 Å². The van der Waals surface area contributed by atoms with Crippen LogP contribution in [0.4, 0.5) is 5.69 Å². The molecule has 14 heavy (non-hydrogen) atoms. The lowest BCUT2D eigenvalue weighted by Crippen LogP contribution is -2.35. The summed E-state index contributed by atoms with van der Waals surface area (Å²) in [6.07, 6.45) is 5.15. The summed E-state index contributed by atoms with van der Waals surface area (Å²) in [6.45, 7) is 1.18. The van der Waals surface area contributed by atoms with Crippen LogP contribution in [-0.2, 0) is 6.42 Å². The van der Waals surface area contributed by atoms with Gasteiger partial charge in [0, 0.05) is 11.7 Å². The van der Waals surface area contributed by atoms with Gasteiger partial charge in [0.05, 0.1) is 0 Å². The molecule has 0 spiro atoms. The molecule has 0 aromatic heterocycles. The third-order valence-corrected chi connectivity index (χ3v) is 2.87. The summed E-state index contributed by atoms with van der Waals surface area (Å²) in [5, 5.41) is 3.55. The smallest absolute Gasteiger partial charge is 0.0314 e. The van der Waals surface area contributed by atoms with E-state index in [9.17, 15) is 0 Å². The maximum absolute atomic E-state index is 5.64. The van der Waals surface area contributed by atoms with Crippen LogP contribution in [0.5, 0.6) is 0 Å². The average Bonchev–Trinajstić information content (AvgIpc) is 2.23. The fraction of sp³-hybridized carbons (Fsp3) is 0.500. The van der Waals surface area contributed by atoms with Gasteiger partial charge in [0.25, 0.3) is 0 Å². The molecule has 3 N–H and O–H groups in total. The van der Waals surface area contributed by atoms with Crippen LogP contribution in [0, 0.1) is 0 Å². The van der Waals surface area contributed by atoms with E-state index >= 15 is 0 Å². The van der Waals surface area contributed by atoms with Crippen molar-refractivity contribution >= 4 is 5.69 Å². The lowest BCUT2D eigenvalue weighted by Gasteiger charge is -2.23. The van der Waals surface area contributed by atoms with E-state index in [1.54, 1.807) is 0 Å². The van der Waals surface area contributed by atoms with Crippen LogP contribution in [0.15, 0.2) is 24.3 Å². The Labute approximate surface area is 85.5 Å². The maximum atomic E-state index is 5.64. The Morgan fingerprint density at radius 2 is 2.00 bits per heavy atom. The molecule has 1 saturated heterocycles. The Balaban J connectivity index is 1.92. The molecule has 1 aliphatic heterocycles. The molecule has 1 aromatic rings. The van der Waals surface area contributed by atoms with E-state index in [-0.39, 0.29) is 0 Å². The number of benzene rings is 1. The third-order valence-electron chi connectivity index (χ3n) is 2.87. The maximum Gasteiger partial charge on any atom is 0.0314 e. The van der Waals surface area contributed by atoms with E-state index in [4.69, 9.17) is 5.73 Å². The lowest BCUT2D eigenvalue weighted by atomic mass is 9.98. The number of nitrogen functional groups attached to an aromatic ring is 1. The summed E-state index contributed by atoms with van der Waals surface area (Å²) in [4.78, 5) is 0. The second kappa shape index (κ2) is 4.47. The molecule has 0 amide bonds. The molecule has 1 fully saturated rings. The molecule has 2 nitrogen and oxygen atoms in total. The minimum atomic E-state index is 0.673. The van der Waals surface area contributed by atoms with Crippen molar-refractivity contribution in [2.24, 2.45) is 0 Å². The summed E-state index contributed by atoms with van der Waals surface area (Å²) in [5.74, 6) is 0. The summed E-state index contributed by atoms with van der Waals surface area (Å²) in [5.41, 5.74) is 7.88. The average molecular weight is 190 g/mol. The van der Waals surface area contributed by atoms with Gasteiger partial charge in [-0.25, -0.2) is 0 Å². The van der Waals surface area contributed by atoms with E-state index in [0.29, 0.717) is 6.04 Å². The van der Waals surface area contributed by atoms with Gasteiger partial charge in [-0.2, -0.15) is 0 Å². The van der Waals surface area contributed by atoms with Gasteiger partial charge >= 0.3 is 0 Å². The Bertz CT molecular complexity index is 273. The normalized spacial score (nSPS) is 22.1. The molecule has 0 bridgehead atoms. The van der Waals surface area contributed by atoms with Crippen LogP contribution in [-0.4, -0.2) is 12.6 Å². The molecular weight excluding hydrogens is 172 g/mol. The molecule has 1 aliphatic rings. The van der Waals surface area contributed by atoms with Crippen molar-refractivity contribution in [2.75, 3.05) is 12.3 Å². The highest BCUT2D eigenvalue weighted by Gasteiger charge is 2.12. The summed E-state index contributed by atoms with van der Waals surface area (Å²) < 4.78 is 0. The minimum absolute atomic E-state index is 0.673. The number of nitrogens with two attached hydrogens (primary N) is 1. The quantitative estimate of drug-likeness (QED) is 0.700.